The van der Waals surface area contributed by atoms with Gasteiger partial charge in [-0.15, -0.1) is 5.10 Å². The van der Waals surface area contributed by atoms with Gasteiger partial charge in [-0.2, -0.15) is 4.98 Å². The molecular weight excluding hydrogens is 482 g/mol. The molecule has 0 amide bonds. The summed E-state index contributed by atoms with van der Waals surface area (Å²) >= 11 is 0. The molecule has 190 valence electrons. The van der Waals surface area contributed by atoms with Gasteiger partial charge in [0.15, 0.2) is 17.3 Å². The normalized spacial score (nSPS) is 21.2. The Hall–Kier alpha value is -3.52. The molecule has 2 aliphatic rings. The smallest absolute Gasteiger partial charge is 0.256 e. The standard InChI is InChI=1S/C22H23F4N9O/c1-10-28-15-3-2-14(29-21(15)34(10)7-17(25)26)18-13(24)5-35-19(18)20(27)31-22(32-35)30-16-6-33(4-12(16)23)11-8-36-9-11/h2-3,5,11-12,16-17H,4,6-9H2,1H3,(H3,27,30,31,32)/t12-,16+/m0/s1. The summed E-state index contributed by atoms with van der Waals surface area (Å²) in [5.41, 5.74) is 7.18. The molecule has 2 atom stereocenters. The van der Waals surface area contributed by atoms with Crippen molar-refractivity contribution in [3.8, 4) is 11.3 Å². The Kier molecular flexibility index (Phi) is 5.44. The summed E-state index contributed by atoms with van der Waals surface area (Å²) in [6, 6.07) is 2.78. The highest BCUT2D eigenvalue weighted by Crippen LogP contribution is 2.32. The Morgan fingerprint density at radius 1 is 1.19 bits per heavy atom. The quantitative estimate of drug-likeness (QED) is 0.384. The second-order valence-corrected chi connectivity index (χ2v) is 9.08. The lowest BCUT2D eigenvalue weighted by Gasteiger charge is -2.34. The molecule has 0 radical (unpaired) electrons. The van der Waals surface area contributed by atoms with E-state index >= 15 is 4.39 Å². The molecule has 0 aliphatic carbocycles. The zero-order valence-corrected chi connectivity index (χ0v) is 19.2. The number of alkyl halides is 3. The summed E-state index contributed by atoms with van der Waals surface area (Å²) in [6.07, 6.45) is -2.62. The van der Waals surface area contributed by atoms with Crippen molar-refractivity contribution in [2.24, 2.45) is 0 Å². The summed E-state index contributed by atoms with van der Waals surface area (Å²) in [5, 5.41) is 7.26. The average molecular weight is 505 g/mol. The van der Waals surface area contributed by atoms with E-state index in [0.717, 1.165) is 6.20 Å². The van der Waals surface area contributed by atoms with Crippen LogP contribution >= 0.6 is 0 Å². The largest absolute Gasteiger partial charge is 0.382 e. The third-order valence-corrected chi connectivity index (χ3v) is 6.70. The molecular formula is C22H23F4N9O. The van der Waals surface area contributed by atoms with Gasteiger partial charge >= 0.3 is 0 Å². The molecule has 6 rings (SSSR count). The van der Waals surface area contributed by atoms with Crippen LogP contribution in [0, 0.1) is 12.7 Å². The maximum Gasteiger partial charge on any atom is 0.256 e. The van der Waals surface area contributed by atoms with E-state index in [2.05, 4.69) is 25.4 Å². The number of nitrogens with two attached hydrogens (primary N) is 1. The van der Waals surface area contributed by atoms with Crippen LogP contribution in [0.4, 0.5) is 29.3 Å². The summed E-state index contributed by atoms with van der Waals surface area (Å²) in [6.45, 7) is 2.92. The van der Waals surface area contributed by atoms with Gasteiger partial charge in [-0.05, 0) is 19.1 Å². The van der Waals surface area contributed by atoms with Crippen molar-refractivity contribution in [2.45, 2.75) is 38.1 Å². The molecule has 4 aromatic heterocycles. The van der Waals surface area contributed by atoms with Crippen LogP contribution in [0.1, 0.15) is 5.82 Å². The van der Waals surface area contributed by atoms with Crippen LogP contribution in [0.3, 0.4) is 0 Å². The van der Waals surface area contributed by atoms with Gasteiger partial charge in [-0.25, -0.2) is 32.0 Å². The van der Waals surface area contributed by atoms with Gasteiger partial charge in [-0.1, -0.05) is 0 Å². The molecule has 2 aliphatic heterocycles. The van der Waals surface area contributed by atoms with Crippen molar-refractivity contribution in [2.75, 3.05) is 37.4 Å². The topological polar surface area (TPSA) is 111 Å². The third kappa shape index (κ3) is 3.80. The molecule has 14 heteroatoms. The van der Waals surface area contributed by atoms with Crippen LogP contribution < -0.4 is 11.1 Å². The fourth-order valence-corrected chi connectivity index (χ4v) is 4.82. The Bertz CT molecular complexity index is 1450. The first-order valence-electron chi connectivity index (χ1n) is 11.5. The number of nitrogens with zero attached hydrogens (tertiary/aromatic N) is 7. The SMILES string of the molecule is Cc1nc2ccc(-c3c(F)cn4nc(N[C@@H]5CN(C6COC6)C[C@@H]5F)nc(N)c34)nc2n1CC(F)F. The zero-order chi connectivity index (χ0) is 25.1. The van der Waals surface area contributed by atoms with E-state index < -0.39 is 31.0 Å². The molecule has 10 nitrogen and oxygen atoms in total. The van der Waals surface area contributed by atoms with Gasteiger partial charge in [-0.3, -0.25) is 4.90 Å². The minimum atomic E-state index is -2.61. The van der Waals surface area contributed by atoms with Gasteiger partial charge in [0.05, 0.1) is 49.3 Å². The van der Waals surface area contributed by atoms with Gasteiger partial charge in [0.2, 0.25) is 5.95 Å². The van der Waals surface area contributed by atoms with Crippen LogP contribution in [-0.2, 0) is 11.3 Å². The number of anilines is 2. The van der Waals surface area contributed by atoms with E-state index in [-0.39, 0.29) is 46.8 Å². The highest BCUT2D eigenvalue weighted by Gasteiger charge is 2.39. The minimum absolute atomic E-state index is 0.0313. The number of aryl methyl sites for hydroxylation is 1. The maximum atomic E-state index is 15.1. The van der Waals surface area contributed by atoms with Crippen molar-refractivity contribution in [3.05, 3.63) is 30.0 Å². The first-order valence-corrected chi connectivity index (χ1v) is 11.5. The Labute approximate surface area is 202 Å². The lowest BCUT2D eigenvalue weighted by atomic mass is 10.1. The number of rotatable bonds is 6. The first kappa shape index (κ1) is 22.9. The fraction of sp³-hybridized carbons (Fsp3) is 0.455. The number of likely N-dealkylation sites (tertiary alicyclic amines) is 1. The lowest BCUT2D eigenvalue weighted by molar-refractivity contribution is -0.0585. The molecule has 0 unspecified atom stereocenters. The van der Waals surface area contributed by atoms with Crippen molar-refractivity contribution in [1.82, 2.24) is 34.0 Å². The maximum absolute atomic E-state index is 15.1. The highest BCUT2D eigenvalue weighted by atomic mass is 19.3. The van der Waals surface area contributed by atoms with Gasteiger partial charge in [0.25, 0.3) is 6.43 Å². The second-order valence-electron chi connectivity index (χ2n) is 9.08. The van der Waals surface area contributed by atoms with E-state index in [1.54, 1.807) is 13.0 Å². The van der Waals surface area contributed by atoms with Crippen LogP contribution in [-0.4, -0.2) is 85.0 Å². The number of aromatic nitrogens is 6. The van der Waals surface area contributed by atoms with E-state index in [1.807, 2.05) is 4.90 Å². The highest BCUT2D eigenvalue weighted by molar-refractivity contribution is 5.89. The third-order valence-electron chi connectivity index (χ3n) is 6.70. The molecule has 2 fully saturated rings. The number of fused-ring (bicyclic) bond motifs is 2. The van der Waals surface area contributed by atoms with E-state index in [4.69, 9.17) is 10.5 Å². The fourth-order valence-electron chi connectivity index (χ4n) is 4.82. The minimum Gasteiger partial charge on any atom is -0.382 e. The van der Waals surface area contributed by atoms with Gasteiger partial charge in [0.1, 0.15) is 23.0 Å². The zero-order valence-electron chi connectivity index (χ0n) is 19.2. The Balaban J connectivity index is 1.34. The van der Waals surface area contributed by atoms with Crippen molar-refractivity contribution >= 4 is 28.4 Å². The number of nitrogen functional groups attached to an aromatic ring is 1. The summed E-state index contributed by atoms with van der Waals surface area (Å²) in [4.78, 5) is 14.9. The molecule has 4 aromatic rings. The molecule has 0 spiro atoms. The number of hydrogen-bond acceptors (Lipinski definition) is 8. The molecule has 0 saturated carbocycles. The van der Waals surface area contributed by atoms with Crippen LogP contribution in [0.25, 0.3) is 27.9 Å². The van der Waals surface area contributed by atoms with Crippen LogP contribution in [0.15, 0.2) is 18.3 Å². The predicted molar refractivity (Wildman–Crippen MR) is 123 cm³/mol. The number of halogens is 4. The van der Waals surface area contributed by atoms with Gasteiger partial charge in [0, 0.05) is 13.1 Å². The van der Waals surface area contributed by atoms with Crippen molar-refractivity contribution in [3.63, 3.8) is 0 Å². The molecule has 0 bridgehead atoms. The Morgan fingerprint density at radius 3 is 2.72 bits per heavy atom. The van der Waals surface area contributed by atoms with Crippen molar-refractivity contribution in [1.29, 1.82) is 0 Å². The van der Waals surface area contributed by atoms with Crippen LogP contribution in [0.2, 0.25) is 0 Å². The molecule has 2 saturated heterocycles. The lowest BCUT2D eigenvalue weighted by Crippen LogP contribution is -2.48. The molecule has 0 aromatic carbocycles. The molecule has 36 heavy (non-hydrogen) atoms. The predicted octanol–water partition coefficient (Wildman–Crippen LogP) is 2.27. The second kappa shape index (κ2) is 8.55. The van der Waals surface area contributed by atoms with Crippen molar-refractivity contribution < 1.29 is 22.3 Å². The average Bonchev–Trinajstić information content (AvgIpc) is 3.39. The summed E-state index contributed by atoms with van der Waals surface area (Å²) < 4.78 is 63.6. The first-order chi connectivity index (χ1) is 17.3. The number of pyridine rings is 1. The number of ether oxygens (including phenoxy) is 1. The van der Waals surface area contributed by atoms with E-state index in [0.29, 0.717) is 31.1 Å². The Morgan fingerprint density at radius 2 is 2.00 bits per heavy atom. The molecule has 6 heterocycles. The van der Waals surface area contributed by atoms with Gasteiger partial charge < -0.3 is 20.4 Å². The molecule has 3 N–H and O–H groups in total. The number of hydrogen-bond donors (Lipinski definition) is 2. The summed E-state index contributed by atoms with van der Waals surface area (Å²) in [5.74, 6) is -0.271. The van der Waals surface area contributed by atoms with E-state index in [9.17, 15) is 13.2 Å². The van der Waals surface area contributed by atoms with E-state index in [1.165, 1.54) is 15.1 Å². The monoisotopic (exact) mass is 505 g/mol. The summed E-state index contributed by atoms with van der Waals surface area (Å²) in [7, 11) is 0. The van der Waals surface area contributed by atoms with Crippen LogP contribution in [0.5, 0.6) is 0 Å². The number of nitrogens with one attached hydrogen (secondary N) is 1. The number of imidazole rings is 1.